The van der Waals surface area contributed by atoms with Crippen LogP contribution in [0.4, 0.5) is 15.8 Å². The van der Waals surface area contributed by atoms with Crippen molar-refractivity contribution in [2.24, 2.45) is 0 Å². The second kappa shape index (κ2) is 8.97. The van der Waals surface area contributed by atoms with Crippen molar-refractivity contribution in [3.63, 3.8) is 0 Å². The molecule has 1 aliphatic heterocycles. The highest BCUT2D eigenvalue weighted by Crippen LogP contribution is 2.36. The third-order valence-electron chi connectivity index (χ3n) is 5.03. The lowest BCUT2D eigenvalue weighted by molar-refractivity contribution is -0.121. The fourth-order valence-electron chi connectivity index (χ4n) is 3.37. The lowest BCUT2D eigenvalue weighted by atomic mass is 10.1. The highest BCUT2D eigenvalue weighted by Gasteiger charge is 2.26. The van der Waals surface area contributed by atoms with Crippen molar-refractivity contribution in [2.45, 2.75) is 6.54 Å². The summed E-state index contributed by atoms with van der Waals surface area (Å²) in [5.74, 6) is 0.557. The van der Waals surface area contributed by atoms with Gasteiger partial charge < -0.3 is 24.4 Å². The smallest absolute Gasteiger partial charge is 0.265 e. The Morgan fingerprint density at radius 1 is 1.03 bits per heavy atom. The third kappa shape index (κ3) is 4.49. The van der Waals surface area contributed by atoms with Gasteiger partial charge in [0.15, 0.2) is 6.61 Å². The number of hydrogen-bond acceptors (Lipinski definition) is 5. The average Bonchev–Trinajstić information content (AvgIpc) is 2.81. The Hall–Kier alpha value is -4.07. The van der Waals surface area contributed by atoms with E-state index in [-0.39, 0.29) is 30.8 Å². The molecule has 0 fully saturated rings. The first-order valence-electron chi connectivity index (χ1n) is 9.83. The third-order valence-corrected chi connectivity index (χ3v) is 5.03. The number of nitrogens with one attached hydrogen (secondary N) is 1. The summed E-state index contributed by atoms with van der Waals surface area (Å²) in [6, 6.07) is 15.9. The van der Waals surface area contributed by atoms with Gasteiger partial charge in [-0.05, 0) is 48.0 Å². The first kappa shape index (κ1) is 21.2. The van der Waals surface area contributed by atoms with Crippen molar-refractivity contribution in [3.8, 4) is 17.2 Å². The van der Waals surface area contributed by atoms with Crippen LogP contribution in [-0.4, -0.2) is 32.6 Å². The molecule has 0 atom stereocenters. The molecular formula is C24H21FN2O5. The molecule has 0 aromatic heterocycles. The zero-order chi connectivity index (χ0) is 22.7. The molecule has 0 saturated heterocycles. The normalized spacial score (nSPS) is 12.6. The van der Waals surface area contributed by atoms with Gasteiger partial charge in [0.25, 0.3) is 11.8 Å². The number of hydrogen-bond donors (Lipinski definition) is 1. The first-order valence-corrected chi connectivity index (χ1v) is 9.83. The highest BCUT2D eigenvalue weighted by molar-refractivity contribution is 6.06. The number of rotatable bonds is 6. The number of carbonyl (C=O) groups is 2. The molecule has 1 aliphatic rings. The summed E-state index contributed by atoms with van der Waals surface area (Å²) in [7, 11) is 3.01. The number of amides is 2. The molecular weight excluding hydrogens is 415 g/mol. The van der Waals surface area contributed by atoms with E-state index in [9.17, 15) is 14.0 Å². The Morgan fingerprint density at radius 3 is 2.38 bits per heavy atom. The Balaban J connectivity index is 1.59. The second-order valence-electron chi connectivity index (χ2n) is 7.13. The summed E-state index contributed by atoms with van der Waals surface area (Å²) >= 11 is 0. The van der Waals surface area contributed by atoms with Crippen molar-refractivity contribution < 1.29 is 28.2 Å². The minimum absolute atomic E-state index is 0.0937. The van der Waals surface area contributed by atoms with E-state index >= 15 is 0 Å². The minimum Gasteiger partial charge on any atom is -0.497 e. The summed E-state index contributed by atoms with van der Waals surface area (Å²) in [6.07, 6.45) is 0. The maximum atomic E-state index is 13.2. The standard InChI is InChI=1S/C24H21FN2O5/c1-30-19-9-16(10-20(12-19)31-2)24(29)26-18-7-8-22-21(11-18)27(23(28)14-32-22)13-15-3-5-17(25)6-4-15/h3-12H,13-14H2,1-2H3,(H,26,29). The minimum atomic E-state index is -0.365. The molecule has 0 spiro atoms. The Labute approximate surface area is 184 Å². The molecule has 0 radical (unpaired) electrons. The number of ether oxygens (including phenoxy) is 3. The fourth-order valence-corrected chi connectivity index (χ4v) is 3.37. The van der Waals surface area contributed by atoms with E-state index in [1.807, 2.05) is 0 Å². The van der Waals surface area contributed by atoms with E-state index in [1.165, 1.54) is 26.4 Å². The van der Waals surface area contributed by atoms with Crippen LogP contribution in [0.25, 0.3) is 0 Å². The van der Waals surface area contributed by atoms with Crippen LogP contribution < -0.4 is 24.4 Å². The van der Waals surface area contributed by atoms with Gasteiger partial charge in [0.1, 0.15) is 23.1 Å². The van der Waals surface area contributed by atoms with Crippen LogP contribution in [0.5, 0.6) is 17.2 Å². The highest BCUT2D eigenvalue weighted by atomic mass is 19.1. The number of carbonyl (C=O) groups excluding carboxylic acids is 2. The maximum absolute atomic E-state index is 13.2. The SMILES string of the molecule is COc1cc(OC)cc(C(=O)Nc2ccc3c(c2)N(Cc2ccc(F)cc2)C(=O)CO3)c1. The molecule has 32 heavy (non-hydrogen) atoms. The maximum Gasteiger partial charge on any atom is 0.265 e. The molecule has 0 aliphatic carbocycles. The van der Waals surface area contributed by atoms with Crippen LogP contribution in [0.1, 0.15) is 15.9 Å². The van der Waals surface area contributed by atoms with Gasteiger partial charge in [-0.25, -0.2) is 4.39 Å². The predicted octanol–water partition coefficient (Wildman–Crippen LogP) is 4.02. The van der Waals surface area contributed by atoms with E-state index in [0.29, 0.717) is 34.2 Å². The van der Waals surface area contributed by atoms with Gasteiger partial charge in [0.05, 0.1) is 26.5 Å². The van der Waals surface area contributed by atoms with Crippen LogP contribution in [0.2, 0.25) is 0 Å². The number of fused-ring (bicyclic) bond motifs is 1. The summed E-state index contributed by atoms with van der Waals surface area (Å²) in [5, 5.41) is 2.82. The number of halogens is 1. The lowest BCUT2D eigenvalue weighted by Crippen LogP contribution is -2.38. The van der Waals surface area contributed by atoms with E-state index in [1.54, 1.807) is 53.4 Å². The average molecular weight is 436 g/mol. The van der Waals surface area contributed by atoms with Gasteiger partial charge in [-0.3, -0.25) is 9.59 Å². The van der Waals surface area contributed by atoms with Gasteiger partial charge in [0, 0.05) is 17.3 Å². The Morgan fingerprint density at radius 2 is 1.72 bits per heavy atom. The Bertz CT molecular complexity index is 1140. The number of benzene rings is 3. The van der Waals surface area contributed by atoms with Crippen LogP contribution in [0.3, 0.4) is 0 Å². The molecule has 3 aromatic carbocycles. The zero-order valence-electron chi connectivity index (χ0n) is 17.6. The second-order valence-corrected chi connectivity index (χ2v) is 7.13. The molecule has 7 nitrogen and oxygen atoms in total. The van der Waals surface area contributed by atoms with Crippen LogP contribution in [0.15, 0.2) is 60.7 Å². The number of nitrogens with zero attached hydrogens (tertiary/aromatic N) is 1. The van der Waals surface area contributed by atoms with Crippen molar-refractivity contribution in [2.75, 3.05) is 31.0 Å². The van der Waals surface area contributed by atoms with Gasteiger partial charge in [-0.1, -0.05) is 12.1 Å². The largest absolute Gasteiger partial charge is 0.497 e. The lowest BCUT2D eigenvalue weighted by Gasteiger charge is -2.30. The molecule has 1 N–H and O–H groups in total. The molecule has 8 heteroatoms. The topological polar surface area (TPSA) is 77.1 Å². The monoisotopic (exact) mass is 436 g/mol. The van der Waals surface area contributed by atoms with Gasteiger partial charge in [0.2, 0.25) is 0 Å². The number of methoxy groups -OCH3 is 2. The summed E-state index contributed by atoms with van der Waals surface area (Å²) in [4.78, 5) is 26.9. The van der Waals surface area contributed by atoms with Crippen LogP contribution in [0, 0.1) is 5.82 Å². The molecule has 164 valence electrons. The molecule has 2 amide bonds. The molecule has 0 bridgehead atoms. The van der Waals surface area contributed by atoms with E-state index in [4.69, 9.17) is 14.2 Å². The molecule has 1 heterocycles. The van der Waals surface area contributed by atoms with Gasteiger partial charge in [-0.2, -0.15) is 0 Å². The van der Waals surface area contributed by atoms with Crippen molar-refractivity contribution in [3.05, 3.63) is 77.6 Å². The van der Waals surface area contributed by atoms with E-state index < -0.39 is 0 Å². The summed E-state index contributed by atoms with van der Waals surface area (Å²) in [6.45, 7) is 0.156. The summed E-state index contributed by atoms with van der Waals surface area (Å²) in [5.41, 5.74) is 2.13. The molecule has 3 aromatic rings. The van der Waals surface area contributed by atoms with Gasteiger partial charge >= 0.3 is 0 Å². The Kier molecular flexibility index (Phi) is 5.93. The van der Waals surface area contributed by atoms with Crippen molar-refractivity contribution in [1.82, 2.24) is 0 Å². The first-order chi connectivity index (χ1) is 15.5. The fraction of sp³-hybridized carbons (Fsp3) is 0.167. The van der Waals surface area contributed by atoms with E-state index in [0.717, 1.165) is 5.56 Å². The summed E-state index contributed by atoms with van der Waals surface area (Å²) < 4.78 is 29.2. The molecule has 0 saturated carbocycles. The zero-order valence-corrected chi connectivity index (χ0v) is 17.6. The van der Waals surface area contributed by atoms with E-state index in [2.05, 4.69) is 5.32 Å². The van der Waals surface area contributed by atoms with Crippen LogP contribution >= 0.6 is 0 Å². The number of anilines is 2. The molecule has 0 unspecified atom stereocenters. The van der Waals surface area contributed by atoms with Crippen molar-refractivity contribution in [1.29, 1.82) is 0 Å². The van der Waals surface area contributed by atoms with Crippen molar-refractivity contribution >= 4 is 23.2 Å². The predicted molar refractivity (Wildman–Crippen MR) is 117 cm³/mol. The van der Waals surface area contributed by atoms with Gasteiger partial charge in [-0.15, -0.1) is 0 Å². The molecule has 4 rings (SSSR count). The van der Waals surface area contributed by atoms with Crippen LogP contribution in [-0.2, 0) is 11.3 Å². The quantitative estimate of drug-likeness (QED) is 0.632.